The van der Waals surface area contributed by atoms with Crippen LogP contribution in [0.5, 0.6) is 0 Å². The molecule has 11 rings (SSSR count). The SMILES string of the molecule is [2H]c1cc2c(ccc3c2oc2cc([2H])c([2H])c(-c4nc(-c5cccc(-c6ccccc6)c5)nc(-c5ccc6c(c5)oc5cccc(-c7ccccc7)c56)n4)c23)c([2H])c1[2H]. The lowest BCUT2D eigenvalue weighted by Gasteiger charge is -2.10. The maximum Gasteiger partial charge on any atom is 0.164 e. The molecule has 5 nitrogen and oxygen atoms in total. The molecule has 0 radical (unpaired) electrons. The van der Waals surface area contributed by atoms with E-state index < -0.39 is 0 Å². The third-order valence-electron chi connectivity index (χ3n) is 9.99. The van der Waals surface area contributed by atoms with Gasteiger partial charge in [-0.3, -0.25) is 0 Å². The predicted octanol–water partition coefficient (Wildman–Crippen LogP) is 13.2. The Balaban J connectivity index is 1.17. The topological polar surface area (TPSA) is 65.0 Å². The van der Waals surface area contributed by atoms with Crippen molar-refractivity contribution in [2.24, 2.45) is 0 Å². The Morgan fingerprint density at radius 3 is 1.93 bits per heavy atom. The Morgan fingerprint density at radius 2 is 1.07 bits per heavy atom. The summed E-state index contributed by atoms with van der Waals surface area (Å²) in [4.78, 5) is 15.2. The van der Waals surface area contributed by atoms with Gasteiger partial charge in [0.15, 0.2) is 17.5 Å². The monoisotopic (exact) mass is 696 g/mol. The average molecular weight is 697 g/mol. The first-order valence-corrected chi connectivity index (χ1v) is 17.6. The molecule has 3 aromatic heterocycles. The molecule has 8 aromatic carbocycles. The van der Waals surface area contributed by atoms with Crippen LogP contribution in [-0.2, 0) is 0 Å². The molecule has 0 amide bonds. The Bertz CT molecular complexity index is 3510. The molecule has 0 bridgehead atoms. The minimum absolute atomic E-state index is 0.0698. The van der Waals surface area contributed by atoms with Gasteiger partial charge >= 0.3 is 0 Å². The third-order valence-corrected chi connectivity index (χ3v) is 9.99. The molecule has 0 atom stereocenters. The number of fused-ring (bicyclic) bond motifs is 8. The summed E-state index contributed by atoms with van der Waals surface area (Å²) in [6.45, 7) is 0. The zero-order valence-corrected chi connectivity index (χ0v) is 28.5. The minimum atomic E-state index is -0.172. The first kappa shape index (κ1) is 25.6. The van der Waals surface area contributed by atoms with Crippen LogP contribution in [0.2, 0.25) is 0 Å². The molecule has 0 spiro atoms. The fourth-order valence-electron chi connectivity index (χ4n) is 7.47. The van der Waals surface area contributed by atoms with Crippen molar-refractivity contribution < 1.29 is 15.7 Å². The number of benzene rings is 8. The van der Waals surface area contributed by atoms with Crippen LogP contribution in [0, 0.1) is 0 Å². The van der Waals surface area contributed by atoms with Gasteiger partial charge in [-0.2, -0.15) is 0 Å². The second-order valence-corrected chi connectivity index (χ2v) is 13.2. The molecule has 252 valence electrons. The Hall–Kier alpha value is -7.37. The van der Waals surface area contributed by atoms with Crippen molar-refractivity contribution in [2.45, 2.75) is 0 Å². The van der Waals surface area contributed by atoms with Gasteiger partial charge in [0, 0.05) is 43.6 Å². The minimum Gasteiger partial charge on any atom is -0.456 e. The summed E-state index contributed by atoms with van der Waals surface area (Å²) in [5.41, 5.74) is 8.02. The second kappa shape index (κ2) is 12.1. The molecular weight excluding hydrogens is 663 g/mol. The van der Waals surface area contributed by atoms with Gasteiger partial charge in [-0.25, -0.2) is 15.0 Å². The van der Waals surface area contributed by atoms with E-state index >= 15 is 0 Å². The summed E-state index contributed by atoms with van der Waals surface area (Å²) in [5.74, 6) is 0.908. The van der Waals surface area contributed by atoms with Crippen LogP contribution in [-0.4, -0.2) is 15.0 Å². The summed E-state index contributed by atoms with van der Waals surface area (Å²) >= 11 is 0. The van der Waals surface area contributed by atoms with E-state index in [0.29, 0.717) is 61.1 Å². The lowest BCUT2D eigenvalue weighted by molar-refractivity contribution is 0.669. The average Bonchev–Trinajstić information content (AvgIpc) is 3.84. The van der Waals surface area contributed by atoms with E-state index in [4.69, 9.17) is 29.3 Å². The van der Waals surface area contributed by atoms with Gasteiger partial charge in [0.1, 0.15) is 22.3 Å². The Kier molecular flexibility index (Phi) is 5.73. The highest BCUT2D eigenvalue weighted by molar-refractivity contribution is 6.19. The van der Waals surface area contributed by atoms with E-state index in [9.17, 15) is 1.37 Å². The first-order valence-electron chi connectivity index (χ1n) is 20.1. The van der Waals surface area contributed by atoms with Gasteiger partial charge < -0.3 is 8.83 Å². The van der Waals surface area contributed by atoms with Crippen LogP contribution < -0.4 is 0 Å². The molecule has 0 saturated carbocycles. The fraction of sp³-hybridized carbons (Fsp3) is 0. The molecule has 0 unspecified atom stereocenters. The largest absolute Gasteiger partial charge is 0.456 e. The molecule has 54 heavy (non-hydrogen) atoms. The number of hydrogen-bond acceptors (Lipinski definition) is 5. The van der Waals surface area contributed by atoms with Crippen molar-refractivity contribution in [1.29, 1.82) is 0 Å². The van der Waals surface area contributed by atoms with E-state index in [1.807, 2.05) is 103 Å². The highest BCUT2D eigenvalue weighted by atomic mass is 16.3. The van der Waals surface area contributed by atoms with Crippen molar-refractivity contribution in [3.8, 4) is 56.4 Å². The molecular formula is C49H29N3O2. The van der Waals surface area contributed by atoms with Crippen molar-refractivity contribution >= 4 is 54.6 Å². The predicted molar refractivity (Wildman–Crippen MR) is 219 cm³/mol. The maximum atomic E-state index is 9.32. The smallest absolute Gasteiger partial charge is 0.164 e. The first-order chi connectivity index (χ1) is 28.8. The lowest BCUT2D eigenvalue weighted by atomic mass is 9.99. The summed E-state index contributed by atoms with van der Waals surface area (Å²) in [6.07, 6.45) is 0. The molecule has 0 N–H and O–H groups in total. The van der Waals surface area contributed by atoms with Gasteiger partial charge in [-0.15, -0.1) is 0 Å². The fourth-order valence-corrected chi connectivity index (χ4v) is 7.47. The quantitative estimate of drug-likeness (QED) is 0.179. The van der Waals surface area contributed by atoms with Crippen LogP contribution in [0.1, 0.15) is 6.85 Å². The van der Waals surface area contributed by atoms with E-state index in [-0.39, 0.29) is 36.0 Å². The normalized spacial score (nSPS) is 13.0. The third kappa shape index (κ3) is 4.90. The van der Waals surface area contributed by atoms with Crippen LogP contribution >= 0.6 is 0 Å². The van der Waals surface area contributed by atoms with Crippen molar-refractivity contribution in [1.82, 2.24) is 15.0 Å². The molecule has 5 heteroatoms. The number of furan rings is 2. The number of hydrogen-bond donors (Lipinski definition) is 0. The molecule has 0 saturated heterocycles. The maximum absolute atomic E-state index is 9.32. The molecule has 0 fully saturated rings. The molecule has 0 aliphatic carbocycles. The van der Waals surface area contributed by atoms with Crippen molar-refractivity contribution in [2.75, 3.05) is 0 Å². The highest BCUT2D eigenvalue weighted by Crippen LogP contribution is 2.41. The standard InChI is InChI=1S/C49H29N3O2/c1-3-12-30(13-4-1)33-17-9-18-34(28-33)47-50-48(35-25-26-38-43(29-35)53-41-22-10-20-36(44(38)41)31-14-5-2-6-15-31)52-49(51-47)40-21-11-23-42-45(40)39-27-24-32-16-7-8-19-37(32)46(39)54-42/h1-29H/i7D,8D,11D,16D,21D. The van der Waals surface area contributed by atoms with Gasteiger partial charge in [0.25, 0.3) is 0 Å². The van der Waals surface area contributed by atoms with Crippen molar-refractivity contribution in [3.63, 3.8) is 0 Å². The Labute approximate surface area is 316 Å². The van der Waals surface area contributed by atoms with Crippen molar-refractivity contribution in [3.05, 3.63) is 176 Å². The zero-order chi connectivity index (χ0) is 39.9. The van der Waals surface area contributed by atoms with E-state index in [1.165, 1.54) is 12.1 Å². The molecule has 0 aliphatic rings. The van der Waals surface area contributed by atoms with Crippen LogP contribution in [0.4, 0.5) is 0 Å². The Morgan fingerprint density at radius 1 is 0.389 bits per heavy atom. The lowest BCUT2D eigenvalue weighted by Crippen LogP contribution is -2.00. The summed E-state index contributed by atoms with van der Waals surface area (Å²) in [7, 11) is 0. The number of rotatable bonds is 5. The highest BCUT2D eigenvalue weighted by Gasteiger charge is 2.20. The summed E-state index contributed by atoms with van der Waals surface area (Å²) in [5, 5.41) is 4.07. The zero-order valence-electron chi connectivity index (χ0n) is 33.5. The van der Waals surface area contributed by atoms with E-state index in [0.717, 1.165) is 44.2 Å². The second-order valence-electron chi connectivity index (χ2n) is 13.2. The van der Waals surface area contributed by atoms with Crippen LogP contribution in [0.3, 0.4) is 0 Å². The molecule has 3 heterocycles. The van der Waals surface area contributed by atoms with E-state index in [1.54, 1.807) is 12.1 Å². The number of nitrogens with zero attached hydrogens (tertiary/aromatic N) is 3. The number of aromatic nitrogens is 3. The van der Waals surface area contributed by atoms with Gasteiger partial charge in [-0.05, 0) is 64.0 Å². The van der Waals surface area contributed by atoms with Gasteiger partial charge in [-0.1, -0.05) is 139 Å². The molecule has 0 aliphatic heterocycles. The molecule has 11 aromatic rings. The summed E-state index contributed by atoms with van der Waals surface area (Å²) in [6, 6.07) is 46.3. The summed E-state index contributed by atoms with van der Waals surface area (Å²) < 4.78 is 56.2. The van der Waals surface area contributed by atoms with Crippen LogP contribution in [0.25, 0.3) is 111 Å². The van der Waals surface area contributed by atoms with E-state index in [2.05, 4.69) is 18.2 Å². The van der Waals surface area contributed by atoms with Gasteiger partial charge in [0.2, 0.25) is 0 Å². The van der Waals surface area contributed by atoms with Crippen LogP contribution in [0.15, 0.2) is 185 Å². The van der Waals surface area contributed by atoms with Gasteiger partial charge in [0.05, 0.1) is 6.85 Å².